The molecule has 1 aromatic carbocycles. The number of hydrogen-bond donors (Lipinski definition) is 1. The van der Waals surface area contributed by atoms with Crippen LogP contribution in [0, 0.1) is 0 Å². The molecule has 2 fully saturated rings. The fraction of sp³-hybridized carbons (Fsp3) is 0.562. The number of carbonyl (C=O) groups is 1. The Labute approximate surface area is 125 Å². The molecule has 1 amide bonds. The first-order valence-electron chi connectivity index (χ1n) is 7.59. The number of amides is 1. The molecule has 3 rings (SSSR count). The van der Waals surface area contributed by atoms with Gasteiger partial charge in [0, 0.05) is 50.9 Å². The molecule has 0 saturated carbocycles. The van der Waals surface area contributed by atoms with Crippen LogP contribution in [0.3, 0.4) is 0 Å². The van der Waals surface area contributed by atoms with Gasteiger partial charge in [-0.15, -0.1) is 0 Å². The molecule has 5 nitrogen and oxygen atoms in total. The van der Waals surface area contributed by atoms with E-state index in [9.17, 15) is 4.79 Å². The zero-order valence-electron chi connectivity index (χ0n) is 12.5. The normalized spacial score (nSPS) is 23.9. The number of aliphatic hydroxyl groups is 1. The van der Waals surface area contributed by atoms with E-state index in [1.165, 1.54) is 0 Å². The lowest BCUT2D eigenvalue weighted by Gasteiger charge is -2.46. The van der Waals surface area contributed by atoms with E-state index in [1.54, 1.807) is 0 Å². The molecule has 0 bridgehead atoms. The van der Waals surface area contributed by atoms with Crippen molar-refractivity contribution in [2.75, 3.05) is 46.3 Å². The van der Waals surface area contributed by atoms with Crippen molar-refractivity contribution in [2.45, 2.75) is 12.6 Å². The molecule has 21 heavy (non-hydrogen) atoms. The van der Waals surface area contributed by atoms with Crippen LogP contribution in [-0.2, 0) is 6.61 Å². The minimum atomic E-state index is 0.0154. The molecule has 2 saturated heterocycles. The maximum atomic E-state index is 12.6. The minimum Gasteiger partial charge on any atom is -0.392 e. The molecule has 0 aromatic heterocycles. The molecule has 0 radical (unpaired) electrons. The van der Waals surface area contributed by atoms with E-state index in [4.69, 9.17) is 5.11 Å². The van der Waals surface area contributed by atoms with Crippen LogP contribution < -0.4 is 0 Å². The summed E-state index contributed by atoms with van der Waals surface area (Å²) in [6.45, 7) is 5.86. The summed E-state index contributed by atoms with van der Waals surface area (Å²) in [6, 6.07) is 7.72. The molecule has 1 aromatic rings. The minimum absolute atomic E-state index is 0.0154. The molecule has 2 aliphatic rings. The third-order valence-electron chi connectivity index (χ3n) is 4.57. The van der Waals surface area contributed by atoms with Crippen molar-refractivity contribution in [3.63, 3.8) is 0 Å². The van der Waals surface area contributed by atoms with Crippen LogP contribution in [0.15, 0.2) is 24.3 Å². The third kappa shape index (κ3) is 3.10. The first-order chi connectivity index (χ1) is 10.2. The van der Waals surface area contributed by atoms with Gasteiger partial charge in [0.05, 0.1) is 6.61 Å². The molecular weight excluding hydrogens is 266 g/mol. The van der Waals surface area contributed by atoms with E-state index in [0.29, 0.717) is 11.6 Å². The maximum absolute atomic E-state index is 12.6. The van der Waals surface area contributed by atoms with Crippen LogP contribution >= 0.6 is 0 Å². The summed E-state index contributed by atoms with van der Waals surface area (Å²) in [5.74, 6) is 0.104. The lowest BCUT2D eigenvalue weighted by molar-refractivity contribution is 0.0190. The Bertz CT molecular complexity index is 503. The summed E-state index contributed by atoms with van der Waals surface area (Å²) in [5, 5.41) is 9.06. The van der Waals surface area contributed by atoms with Gasteiger partial charge in [0.15, 0.2) is 0 Å². The van der Waals surface area contributed by atoms with E-state index in [1.807, 2.05) is 29.2 Å². The summed E-state index contributed by atoms with van der Waals surface area (Å²) in [6.07, 6.45) is 0. The second-order valence-corrected chi connectivity index (χ2v) is 6.06. The number of carbonyl (C=O) groups excluding carboxylic acids is 1. The van der Waals surface area contributed by atoms with Crippen LogP contribution in [0.2, 0.25) is 0 Å². The molecule has 2 heterocycles. The first-order valence-corrected chi connectivity index (χ1v) is 7.59. The smallest absolute Gasteiger partial charge is 0.253 e. The Balaban J connectivity index is 1.67. The molecule has 1 atom stereocenters. The Kier molecular flexibility index (Phi) is 4.24. The fourth-order valence-corrected chi connectivity index (χ4v) is 3.23. The summed E-state index contributed by atoms with van der Waals surface area (Å²) in [7, 11) is 2.14. The zero-order chi connectivity index (χ0) is 14.8. The first kappa shape index (κ1) is 14.5. The summed E-state index contributed by atoms with van der Waals surface area (Å²) >= 11 is 0. The number of fused-ring (bicyclic) bond motifs is 1. The molecule has 114 valence electrons. The maximum Gasteiger partial charge on any atom is 0.253 e. The van der Waals surface area contributed by atoms with Crippen molar-refractivity contribution < 1.29 is 9.90 Å². The van der Waals surface area contributed by atoms with Crippen LogP contribution in [0.1, 0.15) is 15.9 Å². The van der Waals surface area contributed by atoms with Crippen molar-refractivity contribution in [2.24, 2.45) is 0 Å². The number of benzene rings is 1. The average Bonchev–Trinajstić information content (AvgIpc) is 2.53. The second-order valence-electron chi connectivity index (χ2n) is 6.06. The van der Waals surface area contributed by atoms with Gasteiger partial charge in [0.25, 0.3) is 5.91 Å². The van der Waals surface area contributed by atoms with E-state index in [2.05, 4.69) is 16.8 Å². The average molecular weight is 289 g/mol. The zero-order valence-corrected chi connectivity index (χ0v) is 12.5. The largest absolute Gasteiger partial charge is 0.392 e. The van der Waals surface area contributed by atoms with Crippen LogP contribution in [0.4, 0.5) is 0 Å². The molecule has 0 spiro atoms. The van der Waals surface area contributed by atoms with E-state index in [-0.39, 0.29) is 12.5 Å². The topological polar surface area (TPSA) is 47.0 Å². The lowest BCUT2D eigenvalue weighted by Crippen LogP contribution is -2.62. The monoisotopic (exact) mass is 289 g/mol. The quantitative estimate of drug-likeness (QED) is 0.848. The van der Waals surface area contributed by atoms with Gasteiger partial charge in [-0.25, -0.2) is 0 Å². The van der Waals surface area contributed by atoms with Gasteiger partial charge in [-0.2, -0.15) is 0 Å². The van der Waals surface area contributed by atoms with Crippen molar-refractivity contribution >= 4 is 5.91 Å². The number of hydrogen-bond acceptors (Lipinski definition) is 4. The van der Waals surface area contributed by atoms with Gasteiger partial charge in [0.2, 0.25) is 0 Å². The van der Waals surface area contributed by atoms with Crippen molar-refractivity contribution in [1.82, 2.24) is 14.7 Å². The van der Waals surface area contributed by atoms with Crippen molar-refractivity contribution in [1.29, 1.82) is 0 Å². The molecular formula is C16H23N3O2. The van der Waals surface area contributed by atoms with Crippen LogP contribution in [0.5, 0.6) is 0 Å². The summed E-state index contributed by atoms with van der Waals surface area (Å²) in [4.78, 5) is 19.4. The number of aliphatic hydroxyl groups excluding tert-OH is 1. The predicted octanol–water partition coefficient (Wildman–Crippen LogP) is 0.251. The van der Waals surface area contributed by atoms with Crippen LogP contribution in [0.25, 0.3) is 0 Å². The van der Waals surface area contributed by atoms with Gasteiger partial charge in [-0.05, 0) is 24.7 Å². The second kappa shape index (κ2) is 6.13. The molecule has 0 unspecified atom stereocenters. The lowest BCUT2D eigenvalue weighted by atomic mass is 10.1. The van der Waals surface area contributed by atoms with Gasteiger partial charge < -0.3 is 14.9 Å². The Morgan fingerprint density at radius 1 is 1.14 bits per heavy atom. The number of piperazine rings is 2. The van der Waals surface area contributed by atoms with E-state index in [0.717, 1.165) is 44.8 Å². The summed E-state index contributed by atoms with van der Waals surface area (Å²) < 4.78 is 0. The highest BCUT2D eigenvalue weighted by molar-refractivity contribution is 5.94. The predicted molar refractivity (Wildman–Crippen MR) is 81.1 cm³/mol. The van der Waals surface area contributed by atoms with Crippen molar-refractivity contribution in [3.8, 4) is 0 Å². The Hall–Kier alpha value is -1.43. The van der Waals surface area contributed by atoms with E-state index < -0.39 is 0 Å². The highest BCUT2D eigenvalue weighted by atomic mass is 16.3. The highest BCUT2D eigenvalue weighted by Gasteiger charge is 2.32. The van der Waals surface area contributed by atoms with Gasteiger partial charge in [-0.3, -0.25) is 9.69 Å². The number of rotatable bonds is 2. The summed E-state index contributed by atoms with van der Waals surface area (Å²) in [5.41, 5.74) is 1.55. The molecule has 2 aliphatic heterocycles. The SMILES string of the molecule is CN1CCN2CCN(C(=O)c3ccc(CO)cc3)C[C@H]2C1. The Morgan fingerprint density at radius 2 is 1.86 bits per heavy atom. The third-order valence-corrected chi connectivity index (χ3v) is 4.57. The highest BCUT2D eigenvalue weighted by Crippen LogP contribution is 2.17. The van der Waals surface area contributed by atoms with Gasteiger partial charge >= 0.3 is 0 Å². The fourth-order valence-electron chi connectivity index (χ4n) is 3.23. The molecule has 5 heteroatoms. The number of likely N-dealkylation sites (N-methyl/N-ethyl adjacent to an activating group) is 1. The Morgan fingerprint density at radius 3 is 2.57 bits per heavy atom. The molecule has 1 N–H and O–H groups in total. The van der Waals surface area contributed by atoms with Gasteiger partial charge in [-0.1, -0.05) is 12.1 Å². The standard InChI is InChI=1S/C16H23N3O2/c1-17-6-7-18-8-9-19(11-15(18)10-17)16(21)14-4-2-13(12-20)3-5-14/h2-5,15,20H,6-12H2,1H3/t15-/m1/s1. The van der Waals surface area contributed by atoms with E-state index >= 15 is 0 Å². The molecule has 0 aliphatic carbocycles. The van der Waals surface area contributed by atoms with Crippen LogP contribution in [-0.4, -0.2) is 78.1 Å². The van der Waals surface area contributed by atoms with Crippen molar-refractivity contribution in [3.05, 3.63) is 35.4 Å². The van der Waals surface area contributed by atoms with Gasteiger partial charge in [0.1, 0.15) is 0 Å². The number of nitrogens with zero attached hydrogens (tertiary/aromatic N) is 3.